The number of hydrogen-bond acceptors (Lipinski definition) is 2. The second-order valence-corrected chi connectivity index (χ2v) is 7.54. The molecule has 2 atom stereocenters. The third-order valence-electron chi connectivity index (χ3n) is 5.12. The number of carbonyl (C=O) groups excluding carboxylic acids is 1. The molecule has 3 heteroatoms. The molecule has 1 aliphatic carbocycles. The van der Waals surface area contributed by atoms with Crippen molar-refractivity contribution in [2.45, 2.75) is 57.9 Å². The summed E-state index contributed by atoms with van der Waals surface area (Å²) in [5.41, 5.74) is 10.6. The molecule has 25 heavy (non-hydrogen) atoms. The maximum Gasteiger partial charge on any atom is 0.206 e. The van der Waals surface area contributed by atoms with Crippen LogP contribution < -0.4 is 5.73 Å². The summed E-state index contributed by atoms with van der Waals surface area (Å²) < 4.78 is 0. The van der Waals surface area contributed by atoms with Crippen molar-refractivity contribution in [3.63, 3.8) is 0 Å². The van der Waals surface area contributed by atoms with E-state index in [2.05, 4.69) is 63.7 Å². The van der Waals surface area contributed by atoms with Crippen molar-refractivity contribution in [3.05, 3.63) is 70.8 Å². The van der Waals surface area contributed by atoms with E-state index in [1.54, 1.807) is 0 Å². The molecular formula is C22H29NOS. The molecule has 0 heterocycles. The first-order valence-corrected chi connectivity index (χ1v) is 9.46. The number of hydrogen-bond donors (Lipinski definition) is 2. The van der Waals surface area contributed by atoms with Gasteiger partial charge in [0.1, 0.15) is 0 Å². The highest BCUT2D eigenvalue weighted by atomic mass is 32.1. The van der Waals surface area contributed by atoms with Crippen LogP contribution in [0.25, 0.3) is 0 Å². The first kappa shape index (κ1) is 19.7. The molecule has 2 aromatic carbocycles. The standard InChI is InChI=1S/C15H21NOS.C7H8/c1-3-10(2)11-4-5-13-9-15(16,14(17)18)7-6-12(13)8-11;1-7-5-3-2-4-6-7/h4-5,8,10H,3,6-7,9,16H2,1-2H3,(H,17,18);2-6H,1H3. The molecule has 0 aromatic heterocycles. The van der Waals surface area contributed by atoms with E-state index < -0.39 is 5.54 Å². The Morgan fingerprint density at radius 1 is 1.20 bits per heavy atom. The van der Waals surface area contributed by atoms with Crippen LogP contribution in [0.1, 0.15) is 54.9 Å². The van der Waals surface area contributed by atoms with E-state index in [1.807, 2.05) is 18.2 Å². The van der Waals surface area contributed by atoms with Gasteiger partial charge < -0.3 is 5.73 Å². The van der Waals surface area contributed by atoms with Crippen molar-refractivity contribution in [1.29, 1.82) is 0 Å². The van der Waals surface area contributed by atoms with Crippen LogP contribution in [0.2, 0.25) is 0 Å². The number of rotatable bonds is 3. The summed E-state index contributed by atoms with van der Waals surface area (Å²) >= 11 is 3.92. The summed E-state index contributed by atoms with van der Waals surface area (Å²) in [7, 11) is 0. The van der Waals surface area contributed by atoms with E-state index in [0.717, 1.165) is 12.8 Å². The van der Waals surface area contributed by atoms with Gasteiger partial charge in [0, 0.05) is 0 Å². The van der Waals surface area contributed by atoms with Crippen LogP contribution in [0.4, 0.5) is 0 Å². The van der Waals surface area contributed by atoms with Gasteiger partial charge in [-0.15, -0.1) is 12.6 Å². The number of aryl methyl sites for hydroxylation is 2. The summed E-state index contributed by atoms with van der Waals surface area (Å²) in [4.78, 5) is 11.5. The SMILES string of the molecule is CCC(C)c1ccc2c(c1)CCC(N)(C(=O)S)C2.Cc1ccccc1. The zero-order chi connectivity index (χ0) is 18.4. The third kappa shape index (κ3) is 5.20. The van der Waals surface area contributed by atoms with Crippen LogP contribution >= 0.6 is 12.6 Å². The van der Waals surface area contributed by atoms with Crippen LogP contribution in [0.5, 0.6) is 0 Å². The average Bonchev–Trinajstić information content (AvgIpc) is 2.61. The Hall–Kier alpha value is -1.58. The minimum Gasteiger partial charge on any atom is -0.318 e. The lowest BCUT2D eigenvalue weighted by molar-refractivity contribution is -0.115. The van der Waals surface area contributed by atoms with Crippen LogP contribution in [0.3, 0.4) is 0 Å². The predicted molar refractivity (Wildman–Crippen MR) is 109 cm³/mol. The molecule has 1 aliphatic rings. The highest BCUT2D eigenvalue weighted by Gasteiger charge is 2.35. The van der Waals surface area contributed by atoms with Gasteiger partial charge in [0.15, 0.2) is 0 Å². The highest BCUT2D eigenvalue weighted by molar-refractivity contribution is 7.96. The molecule has 0 fully saturated rings. The normalized spacial score (nSPS) is 20.0. The minimum absolute atomic E-state index is 0.195. The summed E-state index contributed by atoms with van der Waals surface area (Å²) in [5, 5.41) is -0.195. The lowest BCUT2D eigenvalue weighted by atomic mass is 9.78. The van der Waals surface area contributed by atoms with Crippen molar-refractivity contribution in [2.24, 2.45) is 5.73 Å². The number of carbonyl (C=O) groups is 1. The van der Waals surface area contributed by atoms with Crippen molar-refractivity contribution in [2.75, 3.05) is 0 Å². The maximum atomic E-state index is 11.5. The largest absolute Gasteiger partial charge is 0.318 e. The van der Waals surface area contributed by atoms with Crippen LogP contribution in [-0.4, -0.2) is 10.7 Å². The smallest absolute Gasteiger partial charge is 0.206 e. The maximum absolute atomic E-state index is 11.5. The van der Waals surface area contributed by atoms with Gasteiger partial charge in [-0.05, 0) is 55.2 Å². The van der Waals surface area contributed by atoms with E-state index >= 15 is 0 Å². The Morgan fingerprint density at radius 2 is 1.88 bits per heavy atom. The fraction of sp³-hybridized carbons (Fsp3) is 0.409. The molecule has 0 amide bonds. The van der Waals surface area contributed by atoms with Gasteiger partial charge in [-0.1, -0.05) is 67.9 Å². The molecule has 2 N–H and O–H groups in total. The van der Waals surface area contributed by atoms with E-state index in [0.29, 0.717) is 18.8 Å². The van der Waals surface area contributed by atoms with Crippen LogP contribution in [-0.2, 0) is 17.6 Å². The van der Waals surface area contributed by atoms with E-state index in [1.165, 1.54) is 22.3 Å². The van der Waals surface area contributed by atoms with Crippen LogP contribution in [0.15, 0.2) is 48.5 Å². The second kappa shape index (κ2) is 8.68. The first-order valence-electron chi connectivity index (χ1n) is 9.01. The molecule has 0 saturated heterocycles. The lowest BCUT2D eigenvalue weighted by Crippen LogP contribution is -2.50. The first-order chi connectivity index (χ1) is 11.9. The van der Waals surface area contributed by atoms with E-state index in [4.69, 9.17) is 5.73 Å². The quantitative estimate of drug-likeness (QED) is 0.774. The number of nitrogens with two attached hydrogens (primary N) is 1. The van der Waals surface area contributed by atoms with Crippen LogP contribution in [0, 0.1) is 6.92 Å². The van der Waals surface area contributed by atoms with Crippen molar-refractivity contribution < 1.29 is 4.79 Å². The van der Waals surface area contributed by atoms with Gasteiger partial charge >= 0.3 is 0 Å². The molecule has 2 nitrogen and oxygen atoms in total. The molecule has 0 radical (unpaired) electrons. The number of benzene rings is 2. The molecule has 2 aromatic rings. The summed E-state index contributed by atoms with van der Waals surface area (Å²) in [5.74, 6) is 0.589. The van der Waals surface area contributed by atoms with Crippen molar-refractivity contribution >= 4 is 17.7 Å². The zero-order valence-electron chi connectivity index (χ0n) is 15.5. The lowest BCUT2D eigenvalue weighted by Gasteiger charge is -2.32. The predicted octanol–water partition coefficient (Wildman–Crippen LogP) is 4.84. The van der Waals surface area contributed by atoms with Gasteiger partial charge in [0.05, 0.1) is 5.54 Å². The van der Waals surface area contributed by atoms with E-state index in [9.17, 15) is 4.79 Å². The molecule has 0 aliphatic heterocycles. The topological polar surface area (TPSA) is 43.1 Å². The number of thiol groups is 1. The molecular weight excluding hydrogens is 326 g/mol. The van der Waals surface area contributed by atoms with Gasteiger partial charge in [0.25, 0.3) is 0 Å². The molecule has 134 valence electrons. The average molecular weight is 356 g/mol. The molecule has 3 rings (SSSR count). The second-order valence-electron chi connectivity index (χ2n) is 7.13. The summed E-state index contributed by atoms with van der Waals surface area (Å²) in [6, 6.07) is 16.8. The minimum atomic E-state index is -0.770. The fourth-order valence-electron chi connectivity index (χ4n) is 3.10. The molecule has 0 spiro atoms. The Morgan fingerprint density at radius 3 is 2.40 bits per heavy atom. The summed E-state index contributed by atoms with van der Waals surface area (Å²) in [6.45, 7) is 6.53. The Labute approximate surface area is 157 Å². The Balaban J connectivity index is 0.000000269. The van der Waals surface area contributed by atoms with Crippen molar-refractivity contribution in [1.82, 2.24) is 0 Å². The Kier molecular flexibility index (Phi) is 6.86. The van der Waals surface area contributed by atoms with E-state index in [-0.39, 0.29) is 5.12 Å². The monoisotopic (exact) mass is 355 g/mol. The number of fused-ring (bicyclic) bond motifs is 1. The zero-order valence-corrected chi connectivity index (χ0v) is 16.4. The summed E-state index contributed by atoms with van der Waals surface area (Å²) in [6.07, 6.45) is 3.34. The van der Waals surface area contributed by atoms with Gasteiger partial charge in [0.2, 0.25) is 5.12 Å². The Bertz CT molecular complexity index is 713. The highest BCUT2D eigenvalue weighted by Crippen LogP contribution is 2.31. The molecule has 0 bridgehead atoms. The van der Waals surface area contributed by atoms with Gasteiger partial charge in [-0.3, -0.25) is 4.79 Å². The van der Waals surface area contributed by atoms with Gasteiger partial charge in [-0.25, -0.2) is 0 Å². The molecule has 0 saturated carbocycles. The third-order valence-corrected chi connectivity index (χ3v) is 5.57. The van der Waals surface area contributed by atoms with Gasteiger partial charge in [-0.2, -0.15) is 0 Å². The molecule has 2 unspecified atom stereocenters. The fourth-order valence-corrected chi connectivity index (χ4v) is 3.29. The van der Waals surface area contributed by atoms with Crippen molar-refractivity contribution in [3.8, 4) is 0 Å².